The van der Waals surface area contributed by atoms with Crippen LogP contribution < -0.4 is 80.8 Å². The third-order valence-corrected chi connectivity index (χ3v) is 24.2. The third kappa shape index (κ3) is 32.4. The van der Waals surface area contributed by atoms with Gasteiger partial charge in [0.15, 0.2) is 11.6 Å². The average molecular weight is 1970 g/mol. The minimum atomic E-state index is -1.41. The number of nitrogens with zero attached hydrogens (tertiary/aromatic N) is 3. The van der Waals surface area contributed by atoms with E-state index in [0.717, 1.165) is 98.6 Å². The van der Waals surface area contributed by atoms with Crippen molar-refractivity contribution in [3.63, 3.8) is 0 Å². The molecule has 680 valence electrons. The number of carbonyl (C=O) groups excluding carboxylic acids is 6. The van der Waals surface area contributed by atoms with Crippen LogP contribution in [0.5, 0.6) is 0 Å². The van der Waals surface area contributed by atoms with E-state index < -0.39 is 28.5 Å². The average Bonchev–Trinajstić information content (AvgIpc) is 0.856. The molecule has 134 heavy (non-hydrogen) atoms. The van der Waals surface area contributed by atoms with Gasteiger partial charge in [-0.25, -0.2) is 19.7 Å². The van der Waals surface area contributed by atoms with E-state index in [1.165, 1.54) is 30.2 Å². The minimum Gasteiger partial charge on any atom is -0.870 e. The van der Waals surface area contributed by atoms with Crippen molar-refractivity contribution in [2.24, 2.45) is 5.73 Å². The van der Waals surface area contributed by atoms with Gasteiger partial charge < -0.3 is 49.6 Å². The number of hydrogen-bond donors (Lipinski definition) is 5. The molecular formula is C108H108BrN7Na2O11S5. The van der Waals surface area contributed by atoms with Crippen LogP contribution >= 0.6 is 51.2 Å². The number of thioether (sulfide) groups is 3. The van der Waals surface area contributed by atoms with E-state index in [0.29, 0.717) is 76.3 Å². The fraction of sp³-hybridized carbons (Fsp3) is 0.185. The Labute approximate surface area is 859 Å². The van der Waals surface area contributed by atoms with Crippen molar-refractivity contribution in [3.8, 4) is 33.8 Å². The smallest absolute Gasteiger partial charge is 0.870 e. The Balaban J connectivity index is 0.000000247. The fourth-order valence-electron chi connectivity index (χ4n) is 14.1. The first-order valence-electron chi connectivity index (χ1n) is 42.6. The van der Waals surface area contributed by atoms with E-state index in [2.05, 4.69) is 87.6 Å². The summed E-state index contributed by atoms with van der Waals surface area (Å²) < 4.78 is 17.9. The van der Waals surface area contributed by atoms with Crippen LogP contribution in [0.2, 0.25) is 0 Å². The summed E-state index contributed by atoms with van der Waals surface area (Å²) in [6.45, 7) is 8.22. The van der Waals surface area contributed by atoms with Crippen molar-refractivity contribution in [3.05, 3.63) is 390 Å². The molecule has 26 heteroatoms. The predicted octanol–water partition coefficient (Wildman–Crippen LogP) is 18.6. The molecule has 0 saturated carbocycles. The number of fused-ring (bicyclic) bond motifs is 4. The number of halogens is 1. The van der Waals surface area contributed by atoms with E-state index in [1.807, 2.05) is 311 Å². The number of pyridine rings is 3. The van der Waals surface area contributed by atoms with Crippen molar-refractivity contribution in [1.29, 1.82) is 0 Å². The van der Waals surface area contributed by atoms with Gasteiger partial charge in [-0.15, -0.1) is 23.5 Å². The molecular weight excluding hydrogens is 1860 g/mol. The van der Waals surface area contributed by atoms with Crippen molar-refractivity contribution in [2.75, 3.05) is 60.9 Å². The van der Waals surface area contributed by atoms with Gasteiger partial charge in [0.1, 0.15) is 0 Å². The summed E-state index contributed by atoms with van der Waals surface area (Å²) in [5, 5.41) is 21.2. The maximum Gasteiger partial charge on any atom is 1.00 e. The van der Waals surface area contributed by atoms with E-state index >= 15 is 0 Å². The number of para-hydroxylation sites is 4. The number of nitrogens with one attached hydrogen (secondary N) is 3. The van der Waals surface area contributed by atoms with Crippen LogP contribution in [0, 0.1) is 0 Å². The number of aromatic carboxylic acids is 1. The number of anilines is 1. The van der Waals surface area contributed by atoms with Gasteiger partial charge in [-0.05, 0) is 97.9 Å². The van der Waals surface area contributed by atoms with Crippen molar-refractivity contribution >= 4 is 154 Å². The summed E-state index contributed by atoms with van der Waals surface area (Å²) in [5.41, 5.74) is 20.4. The number of carboxylic acids is 1. The molecule has 15 aromatic rings. The van der Waals surface area contributed by atoms with Crippen LogP contribution in [0.25, 0.3) is 66.5 Å². The summed E-state index contributed by atoms with van der Waals surface area (Å²) in [5.74, 6) is -1.30. The van der Waals surface area contributed by atoms with Gasteiger partial charge in [0.25, 0.3) is 23.5 Å². The zero-order valence-corrected chi connectivity index (χ0v) is 86.5. The maximum atomic E-state index is 13.6. The van der Waals surface area contributed by atoms with Crippen LogP contribution in [0.4, 0.5) is 5.69 Å². The molecule has 2 aliphatic rings. The third-order valence-electron chi connectivity index (χ3n) is 20.6. The van der Waals surface area contributed by atoms with Crippen molar-refractivity contribution < 1.29 is 112 Å². The Bertz CT molecular complexity index is 6230. The monoisotopic (exact) mass is 1960 g/mol. The molecule has 12 aromatic carbocycles. The second-order valence-corrected chi connectivity index (χ2v) is 33.6. The molecule has 0 bridgehead atoms. The number of carboxylic acid groups (broad SMARTS) is 1. The Hall–Kier alpha value is -10.3. The Morgan fingerprint density at radius 2 is 0.799 bits per heavy atom. The van der Waals surface area contributed by atoms with Crippen molar-refractivity contribution in [1.82, 2.24) is 25.6 Å². The molecule has 18 nitrogen and oxygen atoms in total. The number of amides is 3. The number of rotatable bonds is 22. The Morgan fingerprint density at radius 3 is 1.16 bits per heavy atom. The number of Topliss-reactive ketones (excluding diaryl/α,β-unsaturated/α-hetero) is 3. The molecule has 0 spiro atoms. The van der Waals surface area contributed by atoms with Crippen LogP contribution in [-0.4, -0.2) is 126 Å². The van der Waals surface area contributed by atoms with Gasteiger partial charge >= 0.3 is 65.1 Å². The zero-order valence-electron chi connectivity index (χ0n) is 76.8. The standard InChI is InChI=1S/C26H24N2O2S.C26H24N2OS.C17H13NO2S.C9H13N.C9H10OS.C8H7BrO.C8H5NO2.C4H8O.CH4S.2Na.H2O/c1-3-21(18-12-6-4-7-13-18)28-26(29)23-20-16-10-11-17-22(20)27-24(25(23)31(2)30)19-14-8-5-9-15-19;1-3-21(18-12-6-4-7-13-18)28-26(29)23-20-16-10-11-17-22(20)27-24(25(23)30-2)19-14-8-5-9-15-19;1-21-16-14(17(19)20)12-9-5-6-10-13(12)18-15(16)11-7-3-2-4-8-11;1-2-9(10)8-6-4-3-5-7-8;1-11-7-9(10)8-5-3-2-4-6-8;9-6-8(10)7-4-2-1-3-5-7;10-7-5-3-1-2-4-6(5)9-8(7)11;1-2-4-5-3-1;1-2;;;/h4-17,21H,3H2,1-2H3,(H,28,29);4-17,21H,3H2,1-2H3,(H,28,29);2-10H,1H3,(H,19,20);3-7,9H,2,10H2,1H3;2-6H,7H2,1H3;1-5H,6H2;1-4H,(H,9,10,11);1-4H2;2H,1H3;;;1H2/q;;;;;;;;;2*+1;/p-2/t21-,31?;21-;;9-;;;;;;;;/m00.0......../s1. The van der Waals surface area contributed by atoms with Crippen LogP contribution in [0.15, 0.2) is 354 Å². The maximum absolute atomic E-state index is 13.6. The molecule has 17 rings (SSSR count). The molecule has 1 unspecified atom stereocenters. The van der Waals surface area contributed by atoms with E-state index in [9.17, 15) is 42.9 Å². The first-order chi connectivity index (χ1) is 63.9. The van der Waals surface area contributed by atoms with E-state index in [1.54, 1.807) is 66.4 Å². The molecule has 0 aliphatic carbocycles. The molecule has 3 amide bonds. The van der Waals surface area contributed by atoms with Crippen LogP contribution in [0.1, 0.15) is 150 Å². The summed E-state index contributed by atoms with van der Waals surface area (Å²) >= 11 is 11.7. The summed E-state index contributed by atoms with van der Waals surface area (Å²) in [7, 11) is -1.41. The number of ether oxygens (including phenoxy) is 1. The van der Waals surface area contributed by atoms with Gasteiger partial charge in [0.2, 0.25) is 0 Å². The minimum absolute atomic E-state index is 0. The van der Waals surface area contributed by atoms with Gasteiger partial charge in [0, 0.05) is 79.3 Å². The number of nitrogens with two attached hydrogens (primary N) is 1. The number of aromatic nitrogens is 3. The number of carbonyl (C=O) groups is 7. The molecule has 0 radical (unpaired) electrons. The molecule has 4 atom stereocenters. The van der Waals surface area contributed by atoms with Gasteiger partial charge in [-0.2, -0.15) is 18.0 Å². The topological polar surface area (TPSA) is 297 Å². The molecule has 1 saturated heterocycles. The number of hydrogen-bond acceptors (Lipinski definition) is 18. The van der Waals surface area contributed by atoms with Gasteiger partial charge in [0.05, 0.1) is 100 Å². The number of alkyl halides is 1. The molecule has 7 N–H and O–H groups in total. The largest absolute Gasteiger partial charge is 1.00 e. The first kappa shape index (κ1) is 112. The van der Waals surface area contributed by atoms with Crippen LogP contribution in [-0.2, 0) is 33.0 Å². The van der Waals surface area contributed by atoms with Gasteiger partial charge in [-0.3, -0.25) is 33.0 Å². The normalized spacial score (nSPS) is 11.9. The van der Waals surface area contributed by atoms with E-state index in [4.69, 9.17) is 20.4 Å². The Kier molecular flexibility index (Phi) is 51.1. The van der Waals surface area contributed by atoms with Gasteiger partial charge in [-0.1, -0.05) is 346 Å². The second kappa shape index (κ2) is 60.9. The number of benzene rings is 12. The van der Waals surface area contributed by atoms with Crippen LogP contribution in [0.3, 0.4) is 0 Å². The van der Waals surface area contributed by atoms with Crippen molar-refractivity contribution in [2.45, 2.75) is 85.7 Å². The molecule has 2 aliphatic heterocycles. The molecule has 3 aromatic heterocycles. The quantitative estimate of drug-likeness (QED) is 0.0105. The number of ketones is 3. The summed E-state index contributed by atoms with van der Waals surface area (Å²) in [6, 6.07) is 108. The predicted molar refractivity (Wildman–Crippen MR) is 550 cm³/mol. The second-order valence-electron chi connectivity index (χ2n) is 29.2. The molecule has 1 fully saturated rings. The summed E-state index contributed by atoms with van der Waals surface area (Å²) in [6.07, 6.45) is 14.1. The fourth-order valence-corrected chi connectivity index (χ4v) is 17.3. The summed E-state index contributed by atoms with van der Waals surface area (Å²) in [4.78, 5) is 99.4. The first-order valence-corrected chi connectivity index (χ1v) is 50.0. The molecule has 5 heterocycles. The Morgan fingerprint density at radius 1 is 0.463 bits per heavy atom. The van der Waals surface area contributed by atoms with E-state index in [-0.39, 0.29) is 106 Å². The zero-order chi connectivity index (χ0) is 93.8. The SMILES string of the molecule is C1CCOC1.CC[C@H](N)c1ccccc1.CC[C@H](NC(=O)c1c(S(C)=O)c(-c2ccccc2)nc2ccccc12)c1ccccc1.CC[C@H](NC(=O)c1c(SC)c(-c2ccccc2)nc2ccccc12)c1ccccc1.CSCC(=O)c1ccccc1.CSc1c(-c2ccccc2)nc2ccccc2c1C(=O)O.C[S-].O=C(CBr)c1ccccc1.O=C1Nc2ccccc2C1=O.[Na+].[Na+].[OH-].